The average molecular weight is 332 g/mol. The predicted octanol–water partition coefficient (Wildman–Crippen LogP) is 4.47. The number of anilines is 1. The summed E-state index contributed by atoms with van der Waals surface area (Å²) in [7, 11) is 0. The van der Waals surface area contributed by atoms with Crippen LogP contribution in [0.1, 0.15) is 22.8 Å². The van der Waals surface area contributed by atoms with Gasteiger partial charge in [-0.3, -0.25) is 4.79 Å². The summed E-state index contributed by atoms with van der Waals surface area (Å²) in [6, 6.07) is 15.8. The first-order chi connectivity index (χ1) is 9.60. The van der Waals surface area contributed by atoms with Crippen molar-refractivity contribution in [3.63, 3.8) is 0 Å². The Bertz CT molecular complexity index is 592. The van der Waals surface area contributed by atoms with Crippen LogP contribution < -0.4 is 4.90 Å². The number of carbonyl (C=O) groups is 1. The van der Waals surface area contributed by atoms with E-state index in [2.05, 4.69) is 46.8 Å². The van der Waals surface area contributed by atoms with Crippen LogP contribution in [0.3, 0.4) is 0 Å². The van der Waals surface area contributed by atoms with Crippen molar-refractivity contribution in [2.45, 2.75) is 13.8 Å². The Labute approximate surface area is 128 Å². The lowest BCUT2D eigenvalue weighted by Gasteiger charge is -2.22. The Kier molecular flexibility index (Phi) is 4.96. The highest BCUT2D eigenvalue weighted by atomic mass is 79.9. The first-order valence-electron chi connectivity index (χ1n) is 6.70. The van der Waals surface area contributed by atoms with Gasteiger partial charge in [-0.05, 0) is 43.7 Å². The summed E-state index contributed by atoms with van der Waals surface area (Å²) < 4.78 is 0.986. The topological polar surface area (TPSA) is 20.3 Å². The molecule has 3 heteroatoms. The van der Waals surface area contributed by atoms with Crippen LogP contribution >= 0.6 is 15.9 Å². The van der Waals surface area contributed by atoms with Gasteiger partial charge in [0.05, 0.1) is 6.54 Å². The molecule has 0 aliphatic heterocycles. The molecule has 0 unspecified atom stereocenters. The van der Waals surface area contributed by atoms with Gasteiger partial charge in [-0.1, -0.05) is 40.2 Å². The number of rotatable bonds is 5. The zero-order valence-corrected chi connectivity index (χ0v) is 13.4. The number of carbonyl (C=O) groups excluding carboxylic acids is 1. The van der Waals surface area contributed by atoms with Crippen LogP contribution in [0, 0.1) is 6.92 Å². The molecule has 104 valence electrons. The van der Waals surface area contributed by atoms with Crippen LogP contribution in [0.4, 0.5) is 5.69 Å². The van der Waals surface area contributed by atoms with Gasteiger partial charge in [0.25, 0.3) is 0 Å². The van der Waals surface area contributed by atoms with E-state index in [-0.39, 0.29) is 5.78 Å². The van der Waals surface area contributed by atoms with Gasteiger partial charge in [0.2, 0.25) is 0 Å². The predicted molar refractivity (Wildman–Crippen MR) is 87.5 cm³/mol. The van der Waals surface area contributed by atoms with Crippen LogP contribution in [0.25, 0.3) is 0 Å². The minimum atomic E-state index is 0.140. The van der Waals surface area contributed by atoms with Crippen molar-refractivity contribution in [2.75, 3.05) is 18.0 Å². The molecule has 2 nitrogen and oxygen atoms in total. The van der Waals surface area contributed by atoms with Gasteiger partial charge < -0.3 is 4.90 Å². The summed E-state index contributed by atoms with van der Waals surface area (Å²) in [4.78, 5) is 14.4. The third-order valence-electron chi connectivity index (χ3n) is 3.25. The molecule has 0 aliphatic carbocycles. The Morgan fingerprint density at radius 1 is 1.15 bits per heavy atom. The van der Waals surface area contributed by atoms with E-state index >= 15 is 0 Å². The zero-order valence-electron chi connectivity index (χ0n) is 11.8. The number of likely N-dealkylation sites (N-methyl/N-ethyl adjacent to an activating group) is 1. The summed E-state index contributed by atoms with van der Waals surface area (Å²) >= 11 is 3.38. The van der Waals surface area contributed by atoms with Crippen LogP contribution in [-0.2, 0) is 0 Å². The average Bonchev–Trinajstić information content (AvgIpc) is 2.45. The molecule has 20 heavy (non-hydrogen) atoms. The van der Waals surface area contributed by atoms with Crippen molar-refractivity contribution in [3.8, 4) is 0 Å². The van der Waals surface area contributed by atoms with E-state index in [1.165, 1.54) is 5.56 Å². The maximum atomic E-state index is 12.3. The van der Waals surface area contributed by atoms with Crippen molar-refractivity contribution in [1.29, 1.82) is 0 Å². The summed E-state index contributed by atoms with van der Waals surface area (Å²) in [5, 5.41) is 0. The number of hydrogen-bond donors (Lipinski definition) is 0. The minimum absolute atomic E-state index is 0.140. The number of nitrogens with zero attached hydrogens (tertiary/aromatic N) is 1. The van der Waals surface area contributed by atoms with Gasteiger partial charge >= 0.3 is 0 Å². The largest absolute Gasteiger partial charge is 0.364 e. The molecule has 0 spiro atoms. The van der Waals surface area contributed by atoms with Crippen LogP contribution in [0.15, 0.2) is 53.0 Å². The van der Waals surface area contributed by atoms with Crippen LogP contribution in [0.2, 0.25) is 0 Å². The number of benzene rings is 2. The lowest BCUT2D eigenvalue weighted by molar-refractivity contribution is 0.0999. The van der Waals surface area contributed by atoms with Crippen molar-refractivity contribution in [3.05, 3.63) is 64.1 Å². The van der Waals surface area contributed by atoms with E-state index in [9.17, 15) is 4.79 Å². The molecule has 0 amide bonds. The Balaban J connectivity index is 2.14. The number of halogens is 1. The SMILES string of the molecule is CCN(CC(=O)c1ccc(Br)cc1)c1cccc(C)c1. The monoisotopic (exact) mass is 331 g/mol. The van der Waals surface area contributed by atoms with E-state index in [1.54, 1.807) is 0 Å². The van der Waals surface area contributed by atoms with Crippen molar-refractivity contribution >= 4 is 27.4 Å². The first kappa shape index (κ1) is 14.8. The third-order valence-corrected chi connectivity index (χ3v) is 3.78. The molecule has 2 aromatic carbocycles. The summed E-state index contributed by atoms with van der Waals surface area (Å²) in [5.41, 5.74) is 3.05. The maximum absolute atomic E-state index is 12.3. The van der Waals surface area contributed by atoms with Gasteiger partial charge in [-0.2, -0.15) is 0 Å². The number of aryl methyl sites for hydroxylation is 1. The molecule has 0 bridgehead atoms. The Morgan fingerprint density at radius 3 is 2.45 bits per heavy atom. The minimum Gasteiger partial charge on any atom is -0.364 e. The summed E-state index contributed by atoms with van der Waals surface area (Å²) in [6.45, 7) is 5.35. The lowest BCUT2D eigenvalue weighted by Crippen LogP contribution is -2.29. The standard InChI is InChI=1S/C17H18BrNO/c1-3-19(16-6-4-5-13(2)11-16)12-17(20)14-7-9-15(18)10-8-14/h4-11H,3,12H2,1-2H3. The van der Waals surface area contributed by atoms with Crippen LogP contribution in [0.5, 0.6) is 0 Å². The second-order valence-corrected chi connectivity index (χ2v) is 5.70. The molecule has 2 rings (SSSR count). The molecule has 0 saturated carbocycles. The molecule has 0 N–H and O–H groups in total. The molecule has 0 aromatic heterocycles. The van der Waals surface area contributed by atoms with E-state index in [4.69, 9.17) is 0 Å². The molecule has 0 fully saturated rings. The highest BCUT2D eigenvalue weighted by Crippen LogP contribution is 2.17. The van der Waals surface area contributed by atoms with Crippen molar-refractivity contribution < 1.29 is 4.79 Å². The van der Waals surface area contributed by atoms with E-state index in [0.29, 0.717) is 6.54 Å². The molecule has 0 saturated heterocycles. The molecule has 0 aliphatic rings. The normalized spacial score (nSPS) is 10.3. The zero-order chi connectivity index (χ0) is 14.5. The van der Waals surface area contributed by atoms with E-state index < -0.39 is 0 Å². The van der Waals surface area contributed by atoms with Gasteiger partial charge in [0.15, 0.2) is 5.78 Å². The third kappa shape index (κ3) is 3.70. The fourth-order valence-corrected chi connectivity index (χ4v) is 2.38. The molecule has 0 atom stereocenters. The summed E-state index contributed by atoms with van der Waals surface area (Å²) in [6.07, 6.45) is 0. The highest BCUT2D eigenvalue weighted by molar-refractivity contribution is 9.10. The number of Topliss-reactive ketones (excluding diaryl/α,β-unsaturated/α-hetero) is 1. The van der Waals surface area contributed by atoms with Gasteiger partial charge in [-0.25, -0.2) is 0 Å². The second-order valence-electron chi connectivity index (χ2n) is 4.78. The van der Waals surface area contributed by atoms with Gasteiger partial charge in [0.1, 0.15) is 0 Å². The quantitative estimate of drug-likeness (QED) is 0.753. The highest BCUT2D eigenvalue weighted by Gasteiger charge is 2.12. The molecule has 2 aromatic rings. The fraction of sp³-hybridized carbons (Fsp3) is 0.235. The summed E-state index contributed by atoms with van der Waals surface area (Å²) in [5.74, 6) is 0.140. The number of hydrogen-bond acceptors (Lipinski definition) is 2. The van der Waals surface area contributed by atoms with Crippen molar-refractivity contribution in [2.24, 2.45) is 0 Å². The smallest absolute Gasteiger partial charge is 0.182 e. The second kappa shape index (κ2) is 6.71. The molecule has 0 heterocycles. The molecular formula is C17H18BrNO. The first-order valence-corrected chi connectivity index (χ1v) is 7.50. The Morgan fingerprint density at radius 2 is 1.85 bits per heavy atom. The molecule has 0 radical (unpaired) electrons. The van der Waals surface area contributed by atoms with Gasteiger partial charge in [0, 0.05) is 22.3 Å². The van der Waals surface area contributed by atoms with Gasteiger partial charge in [-0.15, -0.1) is 0 Å². The molecular weight excluding hydrogens is 314 g/mol. The van der Waals surface area contributed by atoms with Crippen LogP contribution in [-0.4, -0.2) is 18.9 Å². The van der Waals surface area contributed by atoms with E-state index in [0.717, 1.165) is 22.3 Å². The Hall–Kier alpha value is -1.61. The maximum Gasteiger partial charge on any atom is 0.182 e. The van der Waals surface area contributed by atoms with E-state index in [1.807, 2.05) is 36.4 Å². The lowest BCUT2D eigenvalue weighted by atomic mass is 10.1. The fourth-order valence-electron chi connectivity index (χ4n) is 2.11. The van der Waals surface area contributed by atoms with Crippen molar-refractivity contribution in [1.82, 2.24) is 0 Å². The number of ketones is 1.